The Labute approximate surface area is 318 Å². The third kappa shape index (κ3) is 10.7. The fraction of sp³-hybridized carbons (Fsp3) is 0.632. The first-order valence-electron chi connectivity index (χ1n) is 18.6. The smallest absolute Gasteiger partial charge is 0.328 e. The van der Waals surface area contributed by atoms with Crippen LogP contribution in [0, 0.1) is 11.3 Å². The monoisotopic (exact) mass is 764 g/mol. The van der Waals surface area contributed by atoms with Gasteiger partial charge in [0.15, 0.2) is 11.5 Å². The predicted molar refractivity (Wildman–Crippen MR) is 200 cm³/mol. The first kappa shape index (κ1) is 41.0. The summed E-state index contributed by atoms with van der Waals surface area (Å²) in [5.74, 6) is 2.35. The maximum absolute atomic E-state index is 13.0. The Morgan fingerprint density at radius 3 is 2.44 bits per heavy atom. The molecule has 4 heterocycles. The van der Waals surface area contributed by atoms with Crippen molar-refractivity contribution in [1.82, 2.24) is 29.3 Å². The van der Waals surface area contributed by atoms with Crippen LogP contribution in [0.4, 0.5) is 5.82 Å². The van der Waals surface area contributed by atoms with E-state index in [4.69, 9.17) is 20.0 Å². The second kappa shape index (κ2) is 19.4. The Balaban J connectivity index is 0.00000605. The summed E-state index contributed by atoms with van der Waals surface area (Å²) in [6.45, 7) is 14.1. The summed E-state index contributed by atoms with van der Waals surface area (Å²) in [4.78, 5) is 47.4. The molecule has 0 aliphatic carbocycles. The van der Waals surface area contributed by atoms with Crippen molar-refractivity contribution in [2.45, 2.75) is 105 Å². The van der Waals surface area contributed by atoms with Crippen LogP contribution in [0.1, 0.15) is 103 Å². The molecule has 3 aromatic rings. The number of unbranched alkanes of at least 4 members (excludes halogenated alkanes) is 3. The number of likely N-dealkylation sites (tertiary alicyclic amines) is 2. The Kier molecular flexibility index (Phi) is 15.3. The van der Waals surface area contributed by atoms with E-state index >= 15 is 0 Å². The van der Waals surface area contributed by atoms with Crippen molar-refractivity contribution in [1.29, 1.82) is 0 Å². The molecule has 13 nitrogen and oxygen atoms in total. The summed E-state index contributed by atoms with van der Waals surface area (Å²) in [6, 6.07) is 6.37. The number of methoxy groups -OCH3 is 1. The van der Waals surface area contributed by atoms with E-state index in [-0.39, 0.29) is 40.8 Å². The van der Waals surface area contributed by atoms with Gasteiger partial charge in [0, 0.05) is 48.4 Å². The second-order valence-corrected chi connectivity index (χ2v) is 14.4. The van der Waals surface area contributed by atoms with E-state index in [1.807, 2.05) is 26.8 Å². The van der Waals surface area contributed by atoms with Crippen LogP contribution in [0.2, 0.25) is 0 Å². The quantitative estimate of drug-likeness (QED) is 0.0763. The molecule has 1 aromatic carbocycles. The van der Waals surface area contributed by atoms with Crippen LogP contribution >= 0.6 is 0 Å². The summed E-state index contributed by atoms with van der Waals surface area (Å²) < 4.78 is 13.0. The van der Waals surface area contributed by atoms with Crippen LogP contribution in [0.15, 0.2) is 28.1 Å². The number of hydrogen-bond acceptors (Lipinski definition) is 10. The zero-order valence-electron chi connectivity index (χ0n) is 31.6. The van der Waals surface area contributed by atoms with Gasteiger partial charge >= 0.3 is 11.7 Å². The van der Waals surface area contributed by atoms with Crippen LogP contribution in [-0.2, 0) is 39.5 Å². The van der Waals surface area contributed by atoms with Crippen LogP contribution in [0.25, 0.3) is 11.2 Å². The zero-order valence-corrected chi connectivity index (χ0v) is 32.6. The molecule has 5 rings (SSSR count). The van der Waals surface area contributed by atoms with Gasteiger partial charge in [-0.05, 0) is 81.5 Å². The minimum absolute atomic E-state index is 0. The molecule has 289 valence electrons. The van der Waals surface area contributed by atoms with Gasteiger partial charge in [0.2, 0.25) is 5.91 Å². The van der Waals surface area contributed by atoms with Crippen LogP contribution in [0.3, 0.4) is 0 Å². The molecule has 0 atom stereocenters. The number of nitrogen functional groups attached to an aromatic ring is 1. The van der Waals surface area contributed by atoms with Gasteiger partial charge in [-0.15, -0.1) is 5.16 Å². The largest absolute Gasteiger partial charge is 0.496 e. The number of imidazole rings is 1. The molecule has 1 spiro atoms. The molecule has 2 fully saturated rings. The number of amides is 1. The van der Waals surface area contributed by atoms with Crippen molar-refractivity contribution in [2.75, 3.05) is 52.2 Å². The Morgan fingerprint density at radius 1 is 1.02 bits per heavy atom. The molecular weight excluding hydrogens is 707 g/mol. The second-order valence-electron chi connectivity index (χ2n) is 14.4. The molecule has 0 bridgehead atoms. The van der Waals surface area contributed by atoms with E-state index in [0.717, 1.165) is 113 Å². The molecule has 2 aliphatic heterocycles. The standard InChI is InChI=1S/C38H57N8O5.Co/c1-6-7-22-50-36-41-34(39)33-35(42-36)46(37(48)40-33)26-30-13-12-29(24-31(30)49-5)25-44-18-14-38(15-19-44)16-20-45(21-17-38)32(47)11-9-8-10-23-51-43-28(4)27(2)3;/h12-13,24H,6-11,14-23,25-26H2,1-5H3,(H,40,48)(H2,39,41,42);/q-1;/b43-28+;. The van der Waals surface area contributed by atoms with Gasteiger partial charge < -0.3 is 35.8 Å². The fourth-order valence-corrected chi connectivity index (χ4v) is 6.92. The Hall–Kier alpha value is -3.75. The molecule has 3 N–H and O–H groups in total. The van der Waals surface area contributed by atoms with Crippen molar-refractivity contribution in [2.24, 2.45) is 10.6 Å². The normalized spacial score (nSPS) is 16.2. The third-order valence-electron chi connectivity index (χ3n) is 10.6. The number of ether oxygens (including phenoxy) is 2. The fourth-order valence-electron chi connectivity index (χ4n) is 6.92. The number of nitrogens with two attached hydrogens (primary N) is 1. The van der Waals surface area contributed by atoms with Crippen molar-refractivity contribution >= 4 is 28.6 Å². The molecule has 0 saturated carbocycles. The van der Waals surface area contributed by atoms with Crippen molar-refractivity contribution in [3.05, 3.63) is 45.7 Å². The van der Waals surface area contributed by atoms with Gasteiger partial charge in [-0.3, -0.25) is 14.3 Å². The predicted octanol–water partition coefficient (Wildman–Crippen LogP) is 5.71. The van der Waals surface area contributed by atoms with E-state index in [1.54, 1.807) is 11.7 Å². The number of nitrogens with one attached hydrogen (secondary N) is 1. The number of rotatable bonds is 17. The molecule has 1 amide bonds. The number of oxime groups is 1. The van der Waals surface area contributed by atoms with E-state index in [2.05, 4.69) is 49.0 Å². The molecule has 52 heavy (non-hydrogen) atoms. The van der Waals surface area contributed by atoms with Gasteiger partial charge in [-0.2, -0.15) is 23.8 Å². The Morgan fingerprint density at radius 2 is 1.75 bits per heavy atom. The van der Waals surface area contributed by atoms with Crippen molar-refractivity contribution in [3.8, 4) is 11.8 Å². The topological polar surface area (TPSA) is 153 Å². The van der Waals surface area contributed by atoms with E-state index in [0.29, 0.717) is 42.1 Å². The third-order valence-corrected chi connectivity index (χ3v) is 10.6. The number of carbonyl (C=O) groups excluding carboxylic acids is 1. The van der Waals surface area contributed by atoms with E-state index in [9.17, 15) is 9.59 Å². The van der Waals surface area contributed by atoms with E-state index in [1.165, 1.54) is 5.56 Å². The molecular formula is C38H57CoN8O5-. The summed E-state index contributed by atoms with van der Waals surface area (Å²) in [7, 11) is 1.66. The number of fused-ring (bicyclic) bond motifs is 1. The number of nitrogens with zero attached hydrogens (tertiary/aromatic N) is 6. The maximum Gasteiger partial charge on any atom is 0.328 e. The molecule has 2 aromatic heterocycles. The van der Waals surface area contributed by atoms with Crippen LogP contribution < -0.4 is 20.9 Å². The molecule has 0 unspecified atom stereocenters. The van der Waals surface area contributed by atoms with Gasteiger partial charge in [0.1, 0.15) is 17.9 Å². The first-order valence-corrected chi connectivity index (χ1v) is 18.6. The molecule has 1 radical (unpaired) electrons. The summed E-state index contributed by atoms with van der Waals surface area (Å²) in [6.07, 6.45) is 9.74. The number of hydrogen-bond donors (Lipinski definition) is 2. The molecule has 2 saturated heterocycles. The van der Waals surface area contributed by atoms with Crippen LogP contribution in [-0.4, -0.2) is 87.4 Å². The van der Waals surface area contributed by atoms with Gasteiger partial charge in [0.25, 0.3) is 0 Å². The number of piperidine rings is 2. The summed E-state index contributed by atoms with van der Waals surface area (Å²) >= 11 is 0. The SMILES string of the molecule is CCCCOc1nc(N)c2[nH]c(=O)n(Cc3ccc(CN4CCC5(CC4)CCN(C(=O)CCCCCO/N=C(\C)[C-](C)C)CC5)cc3OC)c2n1.[Co]. The average molecular weight is 765 g/mol. The Bertz CT molecular complexity index is 1690. The van der Waals surface area contributed by atoms with Crippen molar-refractivity contribution in [3.63, 3.8) is 0 Å². The van der Waals surface area contributed by atoms with E-state index < -0.39 is 0 Å². The summed E-state index contributed by atoms with van der Waals surface area (Å²) in [5.41, 5.74) is 9.92. The number of carbonyl (C=O) groups is 1. The number of benzene rings is 1. The van der Waals surface area contributed by atoms with Gasteiger partial charge in [-0.25, -0.2) is 4.79 Å². The maximum atomic E-state index is 13.0. The number of aromatic nitrogens is 4. The summed E-state index contributed by atoms with van der Waals surface area (Å²) in [5, 5.41) is 4.12. The van der Waals surface area contributed by atoms with Gasteiger partial charge in [-0.1, -0.05) is 38.1 Å². The number of aromatic amines is 1. The number of anilines is 1. The molecule has 2 aliphatic rings. The number of H-pyrrole nitrogens is 1. The first-order chi connectivity index (χ1) is 24.6. The minimum Gasteiger partial charge on any atom is -0.496 e. The van der Waals surface area contributed by atoms with Crippen molar-refractivity contribution < 1.29 is 35.9 Å². The van der Waals surface area contributed by atoms with Crippen LogP contribution in [0.5, 0.6) is 11.8 Å². The van der Waals surface area contributed by atoms with Gasteiger partial charge in [0.05, 0.1) is 20.3 Å². The average Bonchev–Trinajstić information content (AvgIpc) is 3.44. The molecule has 14 heteroatoms. The zero-order chi connectivity index (χ0) is 36.4. The minimum atomic E-state index is -0.320.